The van der Waals surface area contributed by atoms with Crippen LogP contribution in [0.3, 0.4) is 0 Å². The Morgan fingerprint density at radius 2 is 2.36 bits per heavy atom. The number of nitrogens with zero attached hydrogens (tertiary/aromatic N) is 2. The third-order valence-corrected chi connectivity index (χ3v) is 2.94. The third kappa shape index (κ3) is 5.29. The van der Waals surface area contributed by atoms with E-state index in [9.17, 15) is 0 Å². The van der Waals surface area contributed by atoms with Crippen molar-refractivity contribution in [2.45, 2.75) is 19.9 Å². The van der Waals surface area contributed by atoms with Crippen molar-refractivity contribution < 1.29 is 0 Å². The van der Waals surface area contributed by atoms with Crippen LogP contribution in [0.1, 0.15) is 13.3 Å². The minimum atomic E-state index is 1.01. The minimum absolute atomic E-state index is 1.01. The lowest BCUT2D eigenvalue weighted by Crippen LogP contribution is -2.20. The van der Waals surface area contributed by atoms with E-state index in [-0.39, 0.29) is 0 Å². The molecule has 0 aliphatic rings. The molecule has 0 aliphatic heterocycles. The number of nitrogens with one attached hydrogen (secondary N) is 1. The van der Waals surface area contributed by atoms with E-state index < -0.39 is 0 Å². The predicted molar refractivity (Wildman–Crippen MR) is 62.7 cm³/mol. The average molecular weight is 213 g/mol. The van der Waals surface area contributed by atoms with Gasteiger partial charge in [-0.15, -0.1) is 0 Å². The summed E-state index contributed by atoms with van der Waals surface area (Å²) in [6.07, 6.45) is 6.93. The van der Waals surface area contributed by atoms with E-state index in [0.29, 0.717) is 0 Å². The van der Waals surface area contributed by atoms with Crippen LogP contribution < -0.4 is 5.32 Å². The van der Waals surface area contributed by atoms with Gasteiger partial charge in [0.15, 0.2) is 0 Å². The second-order valence-corrected chi connectivity index (χ2v) is 4.49. The summed E-state index contributed by atoms with van der Waals surface area (Å²) < 4.78 is 2.09. The van der Waals surface area contributed by atoms with Crippen molar-refractivity contribution in [2.75, 3.05) is 24.6 Å². The van der Waals surface area contributed by atoms with Gasteiger partial charge >= 0.3 is 0 Å². The van der Waals surface area contributed by atoms with Crippen LogP contribution in [-0.4, -0.2) is 34.1 Å². The van der Waals surface area contributed by atoms with Crippen molar-refractivity contribution in [1.82, 2.24) is 14.9 Å². The zero-order chi connectivity index (χ0) is 10.1. The lowest BCUT2D eigenvalue weighted by Gasteiger charge is -2.04. The van der Waals surface area contributed by atoms with Gasteiger partial charge in [0.2, 0.25) is 0 Å². The van der Waals surface area contributed by atoms with Gasteiger partial charge in [-0.3, -0.25) is 0 Å². The smallest absolute Gasteiger partial charge is 0.0946 e. The molecular formula is C10H19N3S. The van der Waals surface area contributed by atoms with E-state index in [4.69, 9.17) is 0 Å². The van der Waals surface area contributed by atoms with E-state index in [1.165, 1.54) is 17.9 Å². The van der Waals surface area contributed by atoms with Crippen LogP contribution in [0.5, 0.6) is 0 Å². The summed E-state index contributed by atoms with van der Waals surface area (Å²) in [5, 5.41) is 3.42. The van der Waals surface area contributed by atoms with Gasteiger partial charge in [0, 0.05) is 25.5 Å². The van der Waals surface area contributed by atoms with E-state index in [0.717, 1.165) is 19.6 Å². The first-order valence-corrected chi connectivity index (χ1v) is 6.33. The summed E-state index contributed by atoms with van der Waals surface area (Å²) in [7, 11) is 0. The highest BCUT2D eigenvalue weighted by atomic mass is 32.2. The van der Waals surface area contributed by atoms with Crippen LogP contribution in [0.4, 0.5) is 0 Å². The van der Waals surface area contributed by atoms with Gasteiger partial charge in [0.1, 0.15) is 0 Å². The number of hydrogen-bond acceptors (Lipinski definition) is 3. The first-order chi connectivity index (χ1) is 6.93. The van der Waals surface area contributed by atoms with Crippen LogP contribution in [0.25, 0.3) is 0 Å². The number of hydrogen-bond donors (Lipinski definition) is 1. The van der Waals surface area contributed by atoms with Crippen LogP contribution >= 0.6 is 11.8 Å². The molecule has 0 saturated heterocycles. The summed E-state index contributed by atoms with van der Waals surface area (Å²) in [4.78, 5) is 3.99. The topological polar surface area (TPSA) is 29.9 Å². The SMILES string of the molecule is CCSCCCNCCn1ccnc1. The quantitative estimate of drug-likeness (QED) is 0.665. The second kappa shape index (κ2) is 7.88. The van der Waals surface area contributed by atoms with Crippen molar-refractivity contribution in [2.24, 2.45) is 0 Å². The molecule has 0 aromatic carbocycles. The highest BCUT2D eigenvalue weighted by Gasteiger charge is 1.90. The summed E-state index contributed by atoms with van der Waals surface area (Å²) in [6, 6.07) is 0. The summed E-state index contributed by atoms with van der Waals surface area (Å²) in [5.74, 6) is 2.50. The Morgan fingerprint density at radius 1 is 1.43 bits per heavy atom. The summed E-state index contributed by atoms with van der Waals surface area (Å²) >= 11 is 2.01. The number of imidazole rings is 1. The molecule has 1 aromatic heterocycles. The van der Waals surface area contributed by atoms with E-state index in [1.54, 1.807) is 0 Å². The molecule has 0 amide bonds. The summed E-state index contributed by atoms with van der Waals surface area (Å²) in [6.45, 7) is 5.38. The number of rotatable bonds is 8. The molecule has 0 fully saturated rings. The number of thioether (sulfide) groups is 1. The van der Waals surface area contributed by atoms with Crippen molar-refractivity contribution in [3.8, 4) is 0 Å². The van der Waals surface area contributed by atoms with Gasteiger partial charge < -0.3 is 9.88 Å². The molecule has 0 aliphatic carbocycles. The molecule has 80 valence electrons. The zero-order valence-corrected chi connectivity index (χ0v) is 9.59. The zero-order valence-electron chi connectivity index (χ0n) is 8.78. The maximum absolute atomic E-state index is 3.99. The molecule has 1 N–H and O–H groups in total. The van der Waals surface area contributed by atoms with Gasteiger partial charge in [-0.25, -0.2) is 4.98 Å². The van der Waals surface area contributed by atoms with Crippen molar-refractivity contribution in [1.29, 1.82) is 0 Å². The largest absolute Gasteiger partial charge is 0.336 e. The first kappa shape index (κ1) is 11.6. The van der Waals surface area contributed by atoms with Crippen molar-refractivity contribution in [3.63, 3.8) is 0 Å². The van der Waals surface area contributed by atoms with Gasteiger partial charge in [0.25, 0.3) is 0 Å². The van der Waals surface area contributed by atoms with Gasteiger partial charge in [0.05, 0.1) is 6.33 Å². The Kier molecular flexibility index (Phi) is 6.53. The van der Waals surface area contributed by atoms with E-state index in [2.05, 4.69) is 21.8 Å². The fourth-order valence-corrected chi connectivity index (χ4v) is 1.83. The maximum atomic E-state index is 3.99. The molecule has 3 nitrogen and oxygen atoms in total. The Balaban J connectivity index is 1.85. The molecule has 1 rings (SSSR count). The molecule has 0 saturated carbocycles. The van der Waals surface area contributed by atoms with Crippen LogP contribution in [-0.2, 0) is 6.54 Å². The predicted octanol–water partition coefficient (Wildman–Crippen LogP) is 1.62. The Hall–Kier alpha value is -0.480. The molecule has 0 unspecified atom stereocenters. The lowest BCUT2D eigenvalue weighted by atomic mass is 10.4. The Labute approximate surface area is 90.3 Å². The van der Waals surface area contributed by atoms with Crippen LogP contribution in [0, 0.1) is 0 Å². The third-order valence-electron chi connectivity index (χ3n) is 1.95. The number of aromatic nitrogens is 2. The van der Waals surface area contributed by atoms with Gasteiger partial charge in [-0.1, -0.05) is 6.92 Å². The lowest BCUT2D eigenvalue weighted by molar-refractivity contribution is 0.595. The monoisotopic (exact) mass is 213 g/mol. The molecule has 0 radical (unpaired) electrons. The van der Waals surface area contributed by atoms with Crippen LogP contribution in [0.2, 0.25) is 0 Å². The maximum Gasteiger partial charge on any atom is 0.0946 e. The highest BCUT2D eigenvalue weighted by Crippen LogP contribution is 1.99. The molecule has 4 heteroatoms. The van der Waals surface area contributed by atoms with Crippen molar-refractivity contribution in [3.05, 3.63) is 18.7 Å². The normalized spacial score (nSPS) is 10.6. The fourth-order valence-electron chi connectivity index (χ4n) is 1.20. The minimum Gasteiger partial charge on any atom is -0.336 e. The highest BCUT2D eigenvalue weighted by molar-refractivity contribution is 7.99. The second-order valence-electron chi connectivity index (χ2n) is 3.10. The average Bonchev–Trinajstić information content (AvgIpc) is 2.69. The van der Waals surface area contributed by atoms with Gasteiger partial charge in [-0.05, 0) is 24.5 Å². The molecule has 0 bridgehead atoms. The fraction of sp³-hybridized carbons (Fsp3) is 0.700. The van der Waals surface area contributed by atoms with E-state index >= 15 is 0 Å². The van der Waals surface area contributed by atoms with E-state index in [1.807, 2.05) is 30.5 Å². The van der Waals surface area contributed by atoms with Gasteiger partial charge in [-0.2, -0.15) is 11.8 Å². The molecule has 1 aromatic rings. The standard InChI is InChI=1S/C10H19N3S/c1-2-14-9-3-4-11-5-7-13-8-6-12-10-13/h6,8,10-11H,2-5,7,9H2,1H3. The molecular weight excluding hydrogens is 194 g/mol. The van der Waals surface area contributed by atoms with Crippen molar-refractivity contribution >= 4 is 11.8 Å². The first-order valence-electron chi connectivity index (χ1n) is 5.17. The molecule has 1 heterocycles. The Bertz CT molecular complexity index is 211. The summed E-state index contributed by atoms with van der Waals surface area (Å²) in [5.41, 5.74) is 0. The molecule has 0 atom stereocenters. The Morgan fingerprint density at radius 3 is 3.07 bits per heavy atom. The van der Waals surface area contributed by atoms with Crippen LogP contribution in [0.15, 0.2) is 18.7 Å². The molecule has 0 spiro atoms. The molecule has 14 heavy (non-hydrogen) atoms.